The number of nitrogens with one attached hydrogen (secondary N) is 1. The molecule has 0 radical (unpaired) electrons. The van der Waals surface area contributed by atoms with Gasteiger partial charge < -0.3 is 9.63 Å². The Hall–Kier alpha value is -2.28. The fourth-order valence-electron chi connectivity index (χ4n) is 1.37. The summed E-state index contributed by atoms with van der Waals surface area (Å²) in [6.07, 6.45) is 0. The maximum absolute atomic E-state index is 12.8. The lowest BCUT2D eigenvalue weighted by Gasteiger charge is -2.05. The second kappa shape index (κ2) is 5.57. The Morgan fingerprint density at radius 1 is 1.47 bits per heavy atom. The summed E-state index contributed by atoms with van der Waals surface area (Å²) in [4.78, 5) is 14.7. The summed E-state index contributed by atoms with van der Waals surface area (Å²) in [6.45, 7) is 1.67. The van der Waals surface area contributed by atoms with Gasteiger partial charge in [0.1, 0.15) is 11.9 Å². The minimum atomic E-state index is -0.960. The van der Waals surface area contributed by atoms with Crippen molar-refractivity contribution in [2.75, 3.05) is 0 Å². The van der Waals surface area contributed by atoms with E-state index >= 15 is 0 Å². The van der Waals surface area contributed by atoms with E-state index in [1.165, 1.54) is 31.2 Å². The van der Waals surface area contributed by atoms with Crippen LogP contribution < -0.4 is 5.32 Å². The normalized spacial score (nSPS) is 12.3. The topological polar surface area (TPSA) is 88.3 Å². The molecule has 0 fully saturated rings. The molecule has 0 bridgehead atoms. The molecule has 1 unspecified atom stereocenters. The zero-order valence-corrected chi connectivity index (χ0v) is 10.1. The molecule has 2 rings (SSSR count). The molecule has 0 aliphatic heterocycles. The maximum Gasteiger partial charge on any atom is 0.320 e. The van der Waals surface area contributed by atoms with Gasteiger partial charge in [-0.3, -0.25) is 10.1 Å². The largest absolute Gasteiger partial charge is 0.480 e. The summed E-state index contributed by atoms with van der Waals surface area (Å²) in [5.74, 6) is -0.699. The molecule has 0 spiro atoms. The van der Waals surface area contributed by atoms with Crippen LogP contribution in [0.4, 0.5) is 4.39 Å². The third kappa shape index (κ3) is 3.35. The Morgan fingerprint density at radius 2 is 2.16 bits per heavy atom. The Kier molecular flexibility index (Phi) is 3.86. The van der Waals surface area contributed by atoms with E-state index in [4.69, 9.17) is 9.63 Å². The first-order valence-electron chi connectivity index (χ1n) is 5.61. The molecule has 100 valence electrons. The number of aliphatic carboxylic acids is 1. The highest BCUT2D eigenvalue weighted by Crippen LogP contribution is 2.15. The van der Waals surface area contributed by atoms with E-state index in [1.54, 1.807) is 0 Å². The molecule has 1 aromatic heterocycles. The molecule has 0 saturated carbocycles. The van der Waals surface area contributed by atoms with Crippen molar-refractivity contribution in [1.29, 1.82) is 0 Å². The number of rotatable bonds is 5. The van der Waals surface area contributed by atoms with Crippen molar-refractivity contribution in [3.8, 4) is 11.4 Å². The molecule has 6 nitrogen and oxygen atoms in total. The molecule has 0 saturated heterocycles. The molecule has 1 aromatic carbocycles. The summed E-state index contributed by atoms with van der Waals surface area (Å²) in [5.41, 5.74) is 0.627. The zero-order chi connectivity index (χ0) is 13.8. The number of benzene rings is 1. The van der Waals surface area contributed by atoms with E-state index in [-0.39, 0.29) is 18.3 Å². The second-order valence-corrected chi connectivity index (χ2v) is 3.96. The zero-order valence-electron chi connectivity index (χ0n) is 10.1. The van der Waals surface area contributed by atoms with Crippen LogP contribution >= 0.6 is 0 Å². The fourth-order valence-corrected chi connectivity index (χ4v) is 1.37. The van der Waals surface area contributed by atoms with Gasteiger partial charge in [0.25, 0.3) is 0 Å². The second-order valence-electron chi connectivity index (χ2n) is 3.96. The Labute approximate surface area is 108 Å². The molecular formula is C12H12FN3O3. The van der Waals surface area contributed by atoms with Crippen LogP contribution in [-0.2, 0) is 11.3 Å². The van der Waals surface area contributed by atoms with Crippen molar-refractivity contribution in [3.63, 3.8) is 0 Å². The number of halogens is 1. The van der Waals surface area contributed by atoms with E-state index in [0.29, 0.717) is 11.4 Å². The van der Waals surface area contributed by atoms with E-state index in [9.17, 15) is 9.18 Å². The van der Waals surface area contributed by atoms with Crippen molar-refractivity contribution in [2.45, 2.75) is 19.5 Å². The Bertz CT molecular complexity index is 568. The van der Waals surface area contributed by atoms with E-state index in [0.717, 1.165) is 0 Å². The molecule has 0 aliphatic rings. The predicted octanol–water partition coefficient (Wildman–Crippen LogP) is 1.44. The van der Waals surface area contributed by atoms with Gasteiger partial charge >= 0.3 is 5.97 Å². The summed E-state index contributed by atoms with van der Waals surface area (Å²) in [5, 5.41) is 15.2. The van der Waals surface area contributed by atoms with Crippen LogP contribution in [-0.4, -0.2) is 27.3 Å². The van der Waals surface area contributed by atoms with Crippen LogP contribution in [0.2, 0.25) is 0 Å². The standard InChI is InChI=1S/C12H12FN3O3/c1-7(12(17)18)14-6-10-15-11(16-19-10)8-2-4-9(13)5-3-8/h2-5,7,14H,6H2,1H3,(H,17,18). The summed E-state index contributed by atoms with van der Waals surface area (Å²) < 4.78 is 17.7. The van der Waals surface area contributed by atoms with Crippen LogP contribution in [0.1, 0.15) is 12.8 Å². The quantitative estimate of drug-likeness (QED) is 0.850. The molecule has 19 heavy (non-hydrogen) atoms. The van der Waals surface area contributed by atoms with Gasteiger partial charge in [0.15, 0.2) is 0 Å². The van der Waals surface area contributed by atoms with Crippen LogP contribution in [0.25, 0.3) is 11.4 Å². The summed E-state index contributed by atoms with van der Waals surface area (Å²) in [7, 11) is 0. The molecule has 0 amide bonds. The maximum atomic E-state index is 12.8. The minimum Gasteiger partial charge on any atom is -0.480 e. The van der Waals surface area contributed by atoms with Gasteiger partial charge in [-0.15, -0.1) is 0 Å². The molecule has 7 heteroatoms. The Balaban J connectivity index is 2.03. The SMILES string of the molecule is CC(NCc1nc(-c2ccc(F)cc2)no1)C(=O)O. The number of hydrogen-bond donors (Lipinski definition) is 2. The van der Waals surface area contributed by atoms with Crippen LogP contribution in [0, 0.1) is 5.82 Å². The first-order chi connectivity index (χ1) is 9.06. The van der Waals surface area contributed by atoms with E-state index in [2.05, 4.69) is 15.5 Å². The van der Waals surface area contributed by atoms with Crippen molar-refractivity contribution >= 4 is 5.97 Å². The number of hydrogen-bond acceptors (Lipinski definition) is 5. The van der Waals surface area contributed by atoms with E-state index in [1.807, 2.05) is 0 Å². The van der Waals surface area contributed by atoms with Crippen molar-refractivity contribution in [1.82, 2.24) is 15.5 Å². The lowest BCUT2D eigenvalue weighted by Crippen LogP contribution is -2.33. The third-order valence-corrected chi connectivity index (χ3v) is 2.50. The van der Waals surface area contributed by atoms with Crippen molar-refractivity contribution in [2.24, 2.45) is 0 Å². The predicted molar refractivity (Wildman–Crippen MR) is 63.6 cm³/mol. The van der Waals surface area contributed by atoms with Gasteiger partial charge in [-0.2, -0.15) is 4.98 Å². The monoisotopic (exact) mass is 265 g/mol. The highest BCUT2D eigenvalue weighted by molar-refractivity contribution is 5.72. The van der Waals surface area contributed by atoms with Gasteiger partial charge in [-0.05, 0) is 31.2 Å². The number of nitrogens with zero attached hydrogens (tertiary/aromatic N) is 2. The summed E-state index contributed by atoms with van der Waals surface area (Å²) >= 11 is 0. The Morgan fingerprint density at radius 3 is 2.79 bits per heavy atom. The molecule has 1 heterocycles. The number of carboxylic acids is 1. The highest BCUT2D eigenvalue weighted by Gasteiger charge is 2.13. The number of carbonyl (C=O) groups is 1. The molecule has 1 atom stereocenters. The van der Waals surface area contributed by atoms with E-state index < -0.39 is 12.0 Å². The van der Waals surface area contributed by atoms with Crippen LogP contribution in [0.15, 0.2) is 28.8 Å². The highest BCUT2D eigenvalue weighted by atomic mass is 19.1. The van der Waals surface area contributed by atoms with Gasteiger partial charge in [0, 0.05) is 5.56 Å². The molecule has 2 N–H and O–H groups in total. The van der Waals surface area contributed by atoms with Crippen molar-refractivity contribution < 1.29 is 18.8 Å². The number of carboxylic acid groups (broad SMARTS) is 1. The fraction of sp³-hybridized carbons (Fsp3) is 0.250. The van der Waals surface area contributed by atoms with Crippen molar-refractivity contribution in [3.05, 3.63) is 36.0 Å². The molecule has 0 aliphatic carbocycles. The van der Waals surface area contributed by atoms with Crippen LogP contribution in [0.5, 0.6) is 0 Å². The summed E-state index contributed by atoms with van der Waals surface area (Å²) in [6, 6.07) is 4.97. The molecule has 2 aromatic rings. The van der Waals surface area contributed by atoms with Gasteiger partial charge in [0.2, 0.25) is 11.7 Å². The minimum absolute atomic E-state index is 0.154. The van der Waals surface area contributed by atoms with Crippen LogP contribution in [0.3, 0.4) is 0 Å². The van der Waals surface area contributed by atoms with Gasteiger partial charge in [0.05, 0.1) is 6.54 Å². The average molecular weight is 265 g/mol. The first kappa shape index (κ1) is 13.2. The third-order valence-electron chi connectivity index (χ3n) is 2.50. The van der Waals surface area contributed by atoms with Gasteiger partial charge in [-0.25, -0.2) is 4.39 Å². The first-order valence-corrected chi connectivity index (χ1v) is 5.61. The lowest BCUT2D eigenvalue weighted by atomic mass is 10.2. The number of aromatic nitrogens is 2. The lowest BCUT2D eigenvalue weighted by molar-refractivity contribution is -0.139. The van der Waals surface area contributed by atoms with Gasteiger partial charge in [-0.1, -0.05) is 5.16 Å². The average Bonchev–Trinajstić information content (AvgIpc) is 2.85. The molecular weight excluding hydrogens is 253 g/mol. The smallest absolute Gasteiger partial charge is 0.320 e.